The predicted octanol–water partition coefficient (Wildman–Crippen LogP) is 2.34. The van der Waals surface area contributed by atoms with Crippen molar-refractivity contribution in [3.8, 4) is 5.69 Å². The van der Waals surface area contributed by atoms with Gasteiger partial charge in [0.1, 0.15) is 0 Å². The fourth-order valence-corrected chi connectivity index (χ4v) is 3.40. The lowest BCUT2D eigenvalue weighted by atomic mass is 10.2. The summed E-state index contributed by atoms with van der Waals surface area (Å²) in [4.78, 5) is 14.9. The van der Waals surface area contributed by atoms with Crippen molar-refractivity contribution in [2.24, 2.45) is 0 Å². The maximum atomic E-state index is 13.0. The summed E-state index contributed by atoms with van der Waals surface area (Å²) < 4.78 is 2.86. The van der Waals surface area contributed by atoms with Crippen LogP contribution in [0.15, 0.2) is 28.7 Å². The molecule has 24 heavy (non-hydrogen) atoms. The molecule has 1 saturated carbocycles. The Bertz CT molecular complexity index is 730. The minimum Gasteiger partial charge on any atom is -0.336 e. The first-order valence-electron chi connectivity index (χ1n) is 8.45. The maximum Gasteiger partial charge on any atom is 0.276 e. The van der Waals surface area contributed by atoms with Gasteiger partial charge in [0, 0.05) is 30.0 Å². The molecule has 1 saturated heterocycles. The molecule has 2 fully saturated rings. The lowest BCUT2D eigenvalue weighted by Gasteiger charge is -2.19. The van der Waals surface area contributed by atoms with Gasteiger partial charge in [0.05, 0.1) is 11.4 Å². The van der Waals surface area contributed by atoms with E-state index in [1.165, 1.54) is 0 Å². The second-order valence-corrected chi connectivity index (χ2v) is 7.30. The summed E-state index contributed by atoms with van der Waals surface area (Å²) in [6.07, 6.45) is 3.18. The standard InChI is InChI=1S/C17H20BrN5O/c18-13-4-6-14(7-5-13)23-16(12-2-3-12)15(20-21-23)17(24)22-10-1-8-19-9-11-22/h4-7,12,19H,1-3,8-11H2. The first-order valence-corrected chi connectivity index (χ1v) is 9.25. The van der Waals surface area contributed by atoms with Crippen LogP contribution in [-0.4, -0.2) is 52.0 Å². The van der Waals surface area contributed by atoms with Crippen LogP contribution in [0.4, 0.5) is 0 Å². The average molecular weight is 390 g/mol. The van der Waals surface area contributed by atoms with E-state index in [9.17, 15) is 4.79 Å². The average Bonchev–Trinajstić information content (AvgIpc) is 3.39. The summed E-state index contributed by atoms with van der Waals surface area (Å²) >= 11 is 3.45. The van der Waals surface area contributed by atoms with Crippen LogP contribution >= 0.6 is 15.9 Å². The van der Waals surface area contributed by atoms with Crippen molar-refractivity contribution in [3.63, 3.8) is 0 Å². The fraction of sp³-hybridized carbons (Fsp3) is 0.471. The molecule has 4 rings (SSSR count). The lowest BCUT2D eigenvalue weighted by molar-refractivity contribution is 0.0759. The summed E-state index contributed by atoms with van der Waals surface area (Å²) in [6, 6.07) is 7.95. The van der Waals surface area contributed by atoms with Crippen LogP contribution in [0.5, 0.6) is 0 Å². The van der Waals surface area contributed by atoms with Gasteiger partial charge in [-0.15, -0.1) is 5.10 Å². The topological polar surface area (TPSA) is 63.1 Å². The first-order chi connectivity index (χ1) is 11.7. The number of nitrogens with zero attached hydrogens (tertiary/aromatic N) is 4. The third kappa shape index (κ3) is 3.10. The van der Waals surface area contributed by atoms with Crippen molar-refractivity contribution in [3.05, 3.63) is 40.1 Å². The molecular formula is C17H20BrN5O. The Morgan fingerprint density at radius 3 is 2.71 bits per heavy atom. The van der Waals surface area contributed by atoms with Crippen molar-refractivity contribution in [2.75, 3.05) is 26.2 Å². The Kier molecular flexibility index (Phi) is 4.37. The van der Waals surface area contributed by atoms with E-state index >= 15 is 0 Å². The number of aromatic nitrogens is 3. The van der Waals surface area contributed by atoms with Crippen LogP contribution < -0.4 is 5.32 Å². The lowest BCUT2D eigenvalue weighted by Crippen LogP contribution is -2.35. The minimum atomic E-state index is 0.0176. The van der Waals surface area contributed by atoms with Gasteiger partial charge in [-0.05, 0) is 50.1 Å². The third-order valence-electron chi connectivity index (χ3n) is 4.57. The molecule has 7 heteroatoms. The number of benzene rings is 1. The number of nitrogens with one attached hydrogen (secondary N) is 1. The number of halogens is 1. The van der Waals surface area contributed by atoms with Crippen LogP contribution in [0.3, 0.4) is 0 Å². The highest BCUT2D eigenvalue weighted by atomic mass is 79.9. The Balaban J connectivity index is 1.68. The van der Waals surface area contributed by atoms with E-state index in [2.05, 4.69) is 31.6 Å². The van der Waals surface area contributed by atoms with E-state index in [1.54, 1.807) is 0 Å². The third-order valence-corrected chi connectivity index (χ3v) is 5.10. The second kappa shape index (κ2) is 6.64. The zero-order valence-corrected chi connectivity index (χ0v) is 15.0. The number of carbonyl (C=O) groups is 1. The predicted molar refractivity (Wildman–Crippen MR) is 94.4 cm³/mol. The van der Waals surface area contributed by atoms with Gasteiger partial charge >= 0.3 is 0 Å². The minimum absolute atomic E-state index is 0.0176. The Labute approximate surface area is 149 Å². The molecule has 1 N–H and O–H groups in total. The summed E-state index contributed by atoms with van der Waals surface area (Å²) in [5.74, 6) is 0.414. The maximum absolute atomic E-state index is 13.0. The molecule has 126 valence electrons. The zero-order chi connectivity index (χ0) is 16.5. The number of hydrogen-bond acceptors (Lipinski definition) is 4. The molecule has 0 radical (unpaired) electrons. The molecule has 0 bridgehead atoms. The number of amides is 1. The van der Waals surface area contributed by atoms with E-state index in [4.69, 9.17) is 0 Å². The van der Waals surface area contributed by atoms with Gasteiger partial charge in [-0.1, -0.05) is 21.1 Å². The van der Waals surface area contributed by atoms with Crippen molar-refractivity contribution in [2.45, 2.75) is 25.2 Å². The van der Waals surface area contributed by atoms with Gasteiger partial charge in [0.25, 0.3) is 5.91 Å². The molecule has 0 unspecified atom stereocenters. The summed E-state index contributed by atoms with van der Waals surface area (Å²) in [6.45, 7) is 3.31. The quantitative estimate of drug-likeness (QED) is 0.874. The van der Waals surface area contributed by atoms with Gasteiger partial charge in [0.2, 0.25) is 0 Å². The molecule has 6 nitrogen and oxygen atoms in total. The highest BCUT2D eigenvalue weighted by molar-refractivity contribution is 9.10. The largest absolute Gasteiger partial charge is 0.336 e. The van der Waals surface area contributed by atoms with Gasteiger partial charge in [-0.25, -0.2) is 4.68 Å². The molecule has 2 aliphatic rings. The summed E-state index contributed by atoms with van der Waals surface area (Å²) in [5, 5.41) is 11.9. The number of hydrogen-bond donors (Lipinski definition) is 1. The highest BCUT2D eigenvalue weighted by Crippen LogP contribution is 2.42. The summed E-state index contributed by atoms with van der Waals surface area (Å²) in [7, 11) is 0. The van der Waals surface area contributed by atoms with Crippen molar-refractivity contribution in [1.82, 2.24) is 25.2 Å². The van der Waals surface area contributed by atoms with Crippen molar-refractivity contribution < 1.29 is 4.79 Å². The molecule has 1 amide bonds. The van der Waals surface area contributed by atoms with Gasteiger partial charge in [-0.2, -0.15) is 0 Å². The van der Waals surface area contributed by atoms with E-state index in [0.717, 1.165) is 61.3 Å². The second-order valence-electron chi connectivity index (χ2n) is 6.38. The molecule has 1 aromatic heterocycles. The Hall–Kier alpha value is -1.73. The Morgan fingerprint density at radius 1 is 1.17 bits per heavy atom. The molecule has 1 aliphatic heterocycles. The smallest absolute Gasteiger partial charge is 0.276 e. The van der Waals surface area contributed by atoms with Crippen LogP contribution in [-0.2, 0) is 0 Å². The zero-order valence-electron chi connectivity index (χ0n) is 13.4. The van der Waals surface area contributed by atoms with Gasteiger partial charge in [0.15, 0.2) is 5.69 Å². The van der Waals surface area contributed by atoms with Crippen molar-refractivity contribution in [1.29, 1.82) is 0 Å². The summed E-state index contributed by atoms with van der Waals surface area (Å²) in [5.41, 5.74) is 2.45. The number of carbonyl (C=O) groups excluding carboxylic acids is 1. The van der Waals surface area contributed by atoms with Crippen molar-refractivity contribution >= 4 is 21.8 Å². The van der Waals surface area contributed by atoms with Gasteiger partial charge < -0.3 is 10.2 Å². The SMILES string of the molecule is O=C(c1nnn(-c2ccc(Br)cc2)c1C1CC1)N1CCCNCC1. The Morgan fingerprint density at radius 2 is 1.96 bits per heavy atom. The van der Waals surface area contributed by atoms with Crippen LogP contribution in [0.1, 0.15) is 41.4 Å². The highest BCUT2D eigenvalue weighted by Gasteiger charge is 2.35. The van der Waals surface area contributed by atoms with Crippen LogP contribution in [0, 0.1) is 0 Å². The monoisotopic (exact) mass is 389 g/mol. The molecule has 0 atom stereocenters. The normalized spacial score (nSPS) is 18.5. The first kappa shape index (κ1) is 15.8. The van der Waals surface area contributed by atoms with E-state index in [-0.39, 0.29) is 5.91 Å². The number of rotatable bonds is 3. The van der Waals surface area contributed by atoms with E-state index in [0.29, 0.717) is 11.6 Å². The molecule has 0 spiro atoms. The fourth-order valence-electron chi connectivity index (χ4n) is 3.14. The molecule has 1 aliphatic carbocycles. The molecular weight excluding hydrogens is 370 g/mol. The van der Waals surface area contributed by atoms with E-state index in [1.807, 2.05) is 33.8 Å². The molecule has 2 aromatic rings. The molecule has 2 heterocycles. The van der Waals surface area contributed by atoms with Crippen LogP contribution in [0.2, 0.25) is 0 Å². The van der Waals surface area contributed by atoms with Crippen LogP contribution in [0.25, 0.3) is 5.69 Å². The van der Waals surface area contributed by atoms with E-state index < -0.39 is 0 Å². The van der Waals surface area contributed by atoms with Gasteiger partial charge in [-0.3, -0.25) is 4.79 Å². The molecule has 1 aromatic carbocycles.